The molecule has 12 heteroatoms. The van der Waals surface area contributed by atoms with E-state index in [9.17, 15) is 36.3 Å². The first kappa shape index (κ1) is 21.9. The number of carbonyl (C=O) groups excluding carboxylic acids is 1. The normalized spacial score (nSPS) is 24.0. The summed E-state index contributed by atoms with van der Waals surface area (Å²) in [6, 6.07) is 13.7. The van der Waals surface area contributed by atoms with Crippen molar-refractivity contribution in [2.75, 3.05) is 33.1 Å². The number of pyridine rings is 1. The van der Waals surface area contributed by atoms with E-state index in [1.807, 2.05) is 0 Å². The highest BCUT2D eigenvalue weighted by molar-refractivity contribution is 7.98. The molecule has 272 valence electrons. The number of methoxy groups -OCH3 is 1. The van der Waals surface area contributed by atoms with Gasteiger partial charge in [-0.25, -0.2) is 8.78 Å². The summed E-state index contributed by atoms with van der Waals surface area (Å²) in [7, 11) is -3.54. The highest BCUT2D eigenvalue weighted by Gasteiger charge is 2.31. The lowest BCUT2D eigenvalue weighted by Gasteiger charge is -2.39. The molecule has 0 N–H and O–H groups in total. The number of piperidine rings is 1. The van der Waals surface area contributed by atoms with Gasteiger partial charge < -0.3 is 19.1 Å². The molecule has 0 bridgehead atoms. The molecule has 0 unspecified atom stereocenters. The van der Waals surface area contributed by atoms with Gasteiger partial charge in [-0.15, -0.1) is 11.8 Å². The van der Waals surface area contributed by atoms with E-state index in [0.717, 1.165) is 36.4 Å². The number of nitrogens with zero attached hydrogens (tertiary/aromatic N) is 3. The van der Waals surface area contributed by atoms with Crippen molar-refractivity contribution in [2.24, 2.45) is 0 Å². The Morgan fingerprint density at radius 1 is 1.00 bits per heavy atom. The zero-order valence-electron chi connectivity index (χ0n) is 42.7. The van der Waals surface area contributed by atoms with Crippen molar-refractivity contribution < 1.29 is 53.4 Å². The first-order valence-electron chi connectivity index (χ1n) is 23.3. The molecule has 1 saturated heterocycles. The first-order valence-corrected chi connectivity index (χ1v) is 16.3. The molecule has 0 spiro atoms. The van der Waals surface area contributed by atoms with Crippen LogP contribution < -0.4 is 5.43 Å². The molecule has 2 heterocycles. The lowest BCUT2D eigenvalue weighted by Crippen LogP contribution is -2.48. The molecule has 6 rings (SSSR count). The summed E-state index contributed by atoms with van der Waals surface area (Å²) < 4.78 is 214. The second kappa shape index (κ2) is 16.4. The fourth-order valence-corrected chi connectivity index (χ4v) is 6.13. The maximum Gasteiger partial charge on any atom is 0.416 e. The Labute approximate surface area is 325 Å². The molecule has 0 atom stereocenters. The zero-order valence-corrected chi connectivity index (χ0v) is 27.5. The van der Waals surface area contributed by atoms with Crippen molar-refractivity contribution in [3.05, 3.63) is 136 Å². The molecular weight excluding hydrogens is 698 g/mol. The third kappa shape index (κ3) is 8.74. The third-order valence-corrected chi connectivity index (χ3v) is 8.82. The van der Waals surface area contributed by atoms with Gasteiger partial charge in [-0.3, -0.25) is 9.59 Å². The molecule has 6 nitrogen and oxygen atoms in total. The number of aromatic nitrogens is 1. The molecule has 1 aromatic heterocycles. The van der Waals surface area contributed by atoms with Crippen molar-refractivity contribution in [3.63, 3.8) is 0 Å². The van der Waals surface area contributed by atoms with Crippen LogP contribution in [0.1, 0.15) is 51.4 Å². The highest BCUT2D eigenvalue weighted by atomic mass is 32.2. The summed E-state index contributed by atoms with van der Waals surface area (Å²) in [5.74, 6) is -5.09. The lowest BCUT2D eigenvalue weighted by atomic mass is 10.00. The van der Waals surface area contributed by atoms with E-state index in [1.165, 1.54) is 60.7 Å². The number of ether oxygens (including phenoxy) is 1. The number of hydrogen-bond acceptors (Lipinski definition) is 5. The van der Waals surface area contributed by atoms with E-state index in [1.54, 1.807) is 0 Å². The minimum Gasteiger partial charge on any atom is -0.383 e. The van der Waals surface area contributed by atoms with Gasteiger partial charge in [-0.05, 0) is 59.8 Å². The van der Waals surface area contributed by atoms with Crippen LogP contribution in [-0.2, 0) is 34.5 Å². The van der Waals surface area contributed by atoms with Crippen LogP contribution in [-0.4, -0.2) is 59.4 Å². The Balaban J connectivity index is 1.56. The van der Waals surface area contributed by atoms with Crippen LogP contribution in [0.3, 0.4) is 0 Å². The van der Waals surface area contributed by atoms with Crippen LogP contribution in [0.25, 0.3) is 22.0 Å². The highest BCUT2D eigenvalue weighted by Crippen LogP contribution is 2.32. The standard InChI is InChI=1S/C40H38F5N3O3S/c1-51-22-21-46-19-17-32(18-20-46)47(24-27-9-11-28(12-10-27)29-13-15-31(16-14-29)40(43,44)45)37(50)25-48-35-8-3-2-6-33(35)36(49)23-38(48)52-26-30-5-4-7-34(41)39(30)42/h2-16,23,32H,17-22,24-26H2,1H3/i1D3,17D2,18D2,19D2,20D2,22D2,25D2,32D. The Hall–Kier alpha value is -4.52. The lowest BCUT2D eigenvalue weighted by molar-refractivity contribution is -0.137. The van der Waals surface area contributed by atoms with Crippen LogP contribution in [0, 0.1) is 11.6 Å². The zero-order chi connectivity index (χ0) is 51.0. The summed E-state index contributed by atoms with van der Waals surface area (Å²) in [4.78, 5) is 28.4. The topological polar surface area (TPSA) is 54.8 Å². The van der Waals surface area contributed by atoms with Crippen LogP contribution in [0.15, 0.2) is 107 Å². The van der Waals surface area contributed by atoms with Gasteiger partial charge >= 0.3 is 6.18 Å². The van der Waals surface area contributed by atoms with Gasteiger partial charge in [0.1, 0.15) is 6.50 Å². The summed E-state index contributed by atoms with van der Waals surface area (Å²) in [5, 5.41) is -0.671. The minimum absolute atomic E-state index is 0.103. The van der Waals surface area contributed by atoms with E-state index in [2.05, 4.69) is 4.74 Å². The average Bonchev–Trinajstić information content (AvgIpc) is 3.23. The number of rotatable bonds is 12. The van der Waals surface area contributed by atoms with E-state index in [-0.39, 0.29) is 43.0 Å². The summed E-state index contributed by atoms with van der Waals surface area (Å²) >= 11 is 0.531. The largest absolute Gasteiger partial charge is 0.416 e. The van der Waals surface area contributed by atoms with Crippen molar-refractivity contribution in [2.45, 2.75) is 48.8 Å². The average molecular weight is 752 g/mol. The van der Waals surface area contributed by atoms with Gasteiger partial charge in [0.15, 0.2) is 17.1 Å². The second-order valence-corrected chi connectivity index (χ2v) is 12.1. The molecule has 0 saturated carbocycles. The molecular formula is C40H38F5N3O3S. The molecule has 0 radical (unpaired) electrons. The van der Waals surface area contributed by atoms with Crippen LogP contribution in [0.2, 0.25) is 0 Å². The van der Waals surface area contributed by atoms with Gasteiger partial charge in [-0.2, -0.15) is 13.2 Å². The van der Waals surface area contributed by atoms with Crippen molar-refractivity contribution in [1.29, 1.82) is 0 Å². The van der Waals surface area contributed by atoms with Gasteiger partial charge in [0.05, 0.1) is 33.6 Å². The van der Waals surface area contributed by atoms with E-state index in [0.29, 0.717) is 16.3 Å². The van der Waals surface area contributed by atoms with Crippen molar-refractivity contribution >= 4 is 28.6 Å². The summed E-state index contributed by atoms with van der Waals surface area (Å²) in [6.45, 7) is -18.6. The van der Waals surface area contributed by atoms with Crippen molar-refractivity contribution in [1.82, 2.24) is 14.4 Å². The summed E-state index contributed by atoms with van der Waals surface area (Å²) in [5.41, 5.74) is -2.02. The fraction of sp³-hybridized carbons (Fsp3) is 0.300. The number of carbonyl (C=O) groups is 1. The predicted molar refractivity (Wildman–Crippen MR) is 193 cm³/mol. The van der Waals surface area contributed by atoms with Gasteiger partial charge in [0, 0.05) is 72.9 Å². The SMILES string of the molecule is [2H]C([2H])([2H])OC([2H])([2H])CN1C([2H])([2H])C([2H])([2H])C([2H])(N(Cc2ccc(-c3ccc(C(F)(F)F)cc3)cc2)C(=O)C([2H])([2H])n2c(SCc3cccc(F)c3F)cc(=O)c3ccccc32)C([2H])([2H])C1([2H])[2H]. The Kier molecular flexibility index (Phi) is 6.91. The number of halogens is 5. The minimum atomic E-state index is -4.66. The van der Waals surface area contributed by atoms with Crippen LogP contribution in [0.5, 0.6) is 0 Å². The van der Waals surface area contributed by atoms with E-state index < -0.39 is 110 Å². The number of alkyl halides is 3. The maximum absolute atomic E-state index is 15.4. The van der Waals surface area contributed by atoms with Crippen molar-refractivity contribution in [3.8, 4) is 11.1 Å². The maximum atomic E-state index is 15.4. The monoisotopic (exact) mass is 751 g/mol. The molecule has 1 aliphatic rings. The number of likely N-dealkylation sites (tertiary alicyclic amines) is 1. The summed E-state index contributed by atoms with van der Waals surface area (Å²) in [6.07, 6.45) is -13.2. The molecule has 5 aromatic rings. The Bertz CT molecular complexity index is 2750. The van der Waals surface area contributed by atoms with Gasteiger partial charge in [0.2, 0.25) is 5.91 Å². The number of fused-ring (bicyclic) bond motifs is 1. The number of amides is 1. The van der Waals surface area contributed by atoms with E-state index in [4.69, 9.17) is 12.3 Å². The Morgan fingerprint density at radius 3 is 2.38 bits per heavy atom. The van der Waals surface area contributed by atoms with Gasteiger partial charge in [0.25, 0.3) is 0 Å². The number of benzene rings is 4. The number of hydrogen-bond donors (Lipinski definition) is 0. The smallest absolute Gasteiger partial charge is 0.383 e. The van der Waals surface area contributed by atoms with E-state index >= 15 is 4.79 Å². The quantitative estimate of drug-likeness (QED) is 0.0948. The molecule has 52 heavy (non-hydrogen) atoms. The second-order valence-electron chi connectivity index (χ2n) is 11.1. The molecule has 0 aliphatic carbocycles. The Morgan fingerprint density at radius 2 is 1.69 bits per heavy atom. The van der Waals surface area contributed by atoms with Gasteiger partial charge in [-0.1, -0.05) is 60.7 Å². The van der Waals surface area contributed by atoms with Crippen LogP contribution >= 0.6 is 11.8 Å². The molecule has 4 aromatic carbocycles. The molecule has 1 amide bonds. The number of para-hydroxylation sites is 1. The molecule has 1 aliphatic heterocycles. The van der Waals surface area contributed by atoms with Crippen LogP contribution in [0.4, 0.5) is 22.0 Å². The molecule has 1 fully saturated rings. The first-order chi connectivity index (χ1) is 31.0. The fourth-order valence-electron chi connectivity index (χ4n) is 5.14. The third-order valence-electron chi connectivity index (χ3n) is 7.77. The number of thioether (sulfide) groups is 1. The predicted octanol–water partition coefficient (Wildman–Crippen LogP) is 8.40.